The lowest BCUT2D eigenvalue weighted by atomic mass is 10.1. The molecule has 0 saturated heterocycles. The maximum atomic E-state index is 5.54. The van der Waals surface area contributed by atoms with Crippen molar-refractivity contribution in [1.29, 1.82) is 0 Å². The van der Waals surface area contributed by atoms with E-state index < -0.39 is 0 Å². The third-order valence-electron chi connectivity index (χ3n) is 2.20. The summed E-state index contributed by atoms with van der Waals surface area (Å²) in [5.41, 5.74) is 0. The summed E-state index contributed by atoms with van der Waals surface area (Å²) in [5, 5.41) is 0. The van der Waals surface area contributed by atoms with Gasteiger partial charge in [0.1, 0.15) is 0 Å². The second kappa shape index (κ2) is 25.0. The number of rotatable bonds is 6. The summed E-state index contributed by atoms with van der Waals surface area (Å²) in [6, 6.07) is 0. The monoisotopic (exact) mass is 258 g/mol. The Labute approximate surface area is 116 Å². The molecule has 2 atom stereocenters. The van der Waals surface area contributed by atoms with Gasteiger partial charge in [0.2, 0.25) is 0 Å². The van der Waals surface area contributed by atoms with E-state index in [-0.39, 0.29) is 6.90 Å². The molecule has 0 aliphatic rings. The molecule has 0 unspecified atom stereocenters. The van der Waals surface area contributed by atoms with E-state index in [9.17, 15) is 0 Å². The molecule has 0 rings (SSSR count). The van der Waals surface area contributed by atoms with Crippen LogP contribution in [-0.4, -0.2) is 18.7 Å². The van der Waals surface area contributed by atoms with Gasteiger partial charge in [-0.1, -0.05) is 40.5 Å². The van der Waals surface area contributed by atoms with Crippen LogP contribution in [0.1, 0.15) is 55.8 Å². The average Bonchev–Trinajstić information content (AvgIpc) is 2.30. The van der Waals surface area contributed by atoms with Gasteiger partial charge in [-0.2, -0.15) is 0 Å². The lowest BCUT2D eigenvalue weighted by Crippen LogP contribution is -2.10. The minimum Gasteiger partial charge on any atom is -0.412 e. The van der Waals surface area contributed by atoms with Crippen LogP contribution >= 0.6 is 0 Å². The van der Waals surface area contributed by atoms with Gasteiger partial charge in [-0.3, -0.25) is 0 Å². The van der Waals surface area contributed by atoms with Crippen molar-refractivity contribution in [2.75, 3.05) is 13.2 Å². The molecule has 0 aliphatic carbocycles. The largest absolute Gasteiger partial charge is 0.412 e. The van der Waals surface area contributed by atoms with Crippen molar-refractivity contribution in [2.24, 2.45) is 11.8 Å². The van der Waals surface area contributed by atoms with E-state index in [0.717, 1.165) is 25.0 Å². The summed E-state index contributed by atoms with van der Waals surface area (Å²) < 4.78 is 5.54. The fourth-order valence-corrected chi connectivity index (χ4v) is 0.706. The van der Waals surface area contributed by atoms with Gasteiger partial charge in [-0.15, -0.1) is 24.7 Å². The SMILES string of the molecule is C#CC.C#CC.CC[C@@H](C)COC[C@@H](C)CC.O.[HH]. The Balaban J connectivity index is -0.0000000700. The molecule has 0 aliphatic heterocycles. The molecular weight excluding hydrogens is 224 g/mol. The fraction of sp³-hybridized carbons (Fsp3) is 0.750. The van der Waals surface area contributed by atoms with E-state index in [1.165, 1.54) is 12.8 Å². The Hall–Kier alpha value is -0.960. The van der Waals surface area contributed by atoms with Gasteiger partial charge < -0.3 is 10.2 Å². The summed E-state index contributed by atoms with van der Waals surface area (Å²) in [5.74, 6) is 5.94. The summed E-state index contributed by atoms with van der Waals surface area (Å²) in [6.45, 7) is 14.0. The highest BCUT2D eigenvalue weighted by Gasteiger charge is 2.01. The molecule has 0 amide bonds. The zero-order valence-electron chi connectivity index (χ0n) is 13.0. The fourth-order valence-electron chi connectivity index (χ4n) is 0.706. The number of ether oxygens (including phenoxy) is 1. The molecule has 0 aromatic carbocycles. The summed E-state index contributed by atoms with van der Waals surface area (Å²) in [4.78, 5) is 0. The molecule has 2 N–H and O–H groups in total. The van der Waals surface area contributed by atoms with Crippen molar-refractivity contribution < 1.29 is 11.6 Å². The molecule has 110 valence electrons. The Bertz CT molecular complexity index is 182. The van der Waals surface area contributed by atoms with Crippen LogP contribution in [0, 0.1) is 36.5 Å². The van der Waals surface area contributed by atoms with Gasteiger partial charge >= 0.3 is 0 Å². The van der Waals surface area contributed by atoms with E-state index in [2.05, 4.69) is 52.4 Å². The van der Waals surface area contributed by atoms with Gasteiger partial charge in [-0.25, -0.2) is 0 Å². The quantitative estimate of drug-likeness (QED) is 0.668. The lowest BCUT2D eigenvalue weighted by Gasteiger charge is -2.12. The standard InChI is InChI=1S/C10H22O.2C3H4.H2O.H2/c1-5-9(3)7-11-8-10(4)6-2;2*1-3-2;;/h9-10H,5-8H2,1-4H3;2*1H,2H3;1H2;1H/t9-,10+;;;;. The maximum absolute atomic E-state index is 5.54. The van der Waals surface area contributed by atoms with Crippen LogP contribution in [0.3, 0.4) is 0 Å². The molecule has 0 saturated carbocycles. The van der Waals surface area contributed by atoms with Crippen LogP contribution in [0.5, 0.6) is 0 Å². The zero-order chi connectivity index (χ0) is 14.1. The summed E-state index contributed by atoms with van der Waals surface area (Å²) >= 11 is 0. The Morgan fingerprint density at radius 3 is 1.33 bits per heavy atom. The van der Waals surface area contributed by atoms with Crippen LogP contribution in [0.4, 0.5) is 0 Å². The number of hydrogen-bond acceptors (Lipinski definition) is 1. The summed E-state index contributed by atoms with van der Waals surface area (Å²) in [7, 11) is 0. The third-order valence-corrected chi connectivity index (χ3v) is 2.20. The van der Waals surface area contributed by atoms with Crippen molar-refractivity contribution >= 4 is 0 Å². The third kappa shape index (κ3) is 36.3. The highest BCUT2D eigenvalue weighted by atomic mass is 16.5. The first-order valence-corrected chi connectivity index (χ1v) is 6.36. The van der Waals surface area contributed by atoms with Crippen LogP contribution in [0.2, 0.25) is 0 Å². The molecule has 0 heterocycles. The van der Waals surface area contributed by atoms with Crippen molar-refractivity contribution in [1.82, 2.24) is 0 Å². The number of hydrogen-bond donors (Lipinski definition) is 0. The molecule has 0 spiro atoms. The first-order valence-electron chi connectivity index (χ1n) is 6.36. The van der Waals surface area contributed by atoms with Crippen LogP contribution < -0.4 is 0 Å². The molecule has 0 bridgehead atoms. The maximum Gasteiger partial charge on any atom is 0.0491 e. The minimum atomic E-state index is 0. The van der Waals surface area contributed by atoms with Gasteiger partial charge in [0, 0.05) is 14.6 Å². The van der Waals surface area contributed by atoms with E-state index >= 15 is 0 Å². The predicted molar refractivity (Wildman–Crippen MR) is 84.5 cm³/mol. The Kier molecular flexibility index (Phi) is 35.9. The van der Waals surface area contributed by atoms with E-state index in [0.29, 0.717) is 0 Å². The molecular formula is C16H34O2. The van der Waals surface area contributed by atoms with Gasteiger partial charge in [0.05, 0.1) is 0 Å². The Morgan fingerprint density at radius 1 is 0.944 bits per heavy atom. The van der Waals surface area contributed by atoms with E-state index in [4.69, 9.17) is 4.74 Å². The molecule has 2 nitrogen and oxygen atoms in total. The molecule has 0 fully saturated rings. The van der Waals surface area contributed by atoms with Crippen molar-refractivity contribution in [2.45, 2.75) is 54.4 Å². The molecule has 0 radical (unpaired) electrons. The summed E-state index contributed by atoms with van der Waals surface area (Å²) in [6.07, 6.45) is 11.6. The van der Waals surface area contributed by atoms with E-state index in [1.807, 2.05) is 0 Å². The first kappa shape index (κ1) is 25.8. The van der Waals surface area contributed by atoms with Crippen LogP contribution in [0.15, 0.2) is 0 Å². The number of terminal acetylenes is 2. The van der Waals surface area contributed by atoms with Crippen LogP contribution in [0.25, 0.3) is 0 Å². The molecule has 0 aromatic heterocycles. The van der Waals surface area contributed by atoms with Crippen LogP contribution in [-0.2, 0) is 4.74 Å². The van der Waals surface area contributed by atoms with Crippen molar-refractivity contribution in [3.05, 3.63) is 0 Å². The highest BCUT2D eigenvalue weighted by Crippen LogP contribution is 2.04. The normalized spacial score (nSPS) is 10.9. The molecule has 0 aromatic rings. The van der Waals surface area contributed by atoms with E-state index in [1.54, 1.807) is 13.8 Å². The van der Waals surface area contributed by atoms with Crippen molar-refractivity contribution in [3.8, 4) is 24.7 Å². The van der Waals surface area contributed by atoms with Gasteiger partial charge in [0.15, 0.2) is 0 Å². The minimum absolute atomic E-state index is 0. The average molecular weight is 258 g/mol. The van der Waals surface area contributed by atoms with Gasteiger partial charge in [0.25, 0.3) is 0 Å². The second-order valence-corrected chi connectivity index (χ2v) is 4.14. The zero-order valence-corrected chi connectivity index (χ0v) is 13.0. The predicted octanol–water partition coefficient (Wildman–Crippen LogP) is 3.80. The smallest absolute Gasteiger partial charge is 0.0491 e. The first-order chi connectivity index (χ1) is 8.03. The van der Waals surface area contributed by atoms with Gasteiger partial charge in [-0.05, 0) is 25.7 Å². The highest BCUT2D eigenvalue weighted by molar-refractivity contribution is 4.74. The molecule has 18 heavy (non-hydrogen) atoms. The second-order valence-electron chi connectivity index (χ2n) is 4.14. The topological polar surface area (TPSA) is 40.7 Å². The van der Waals surface area contributed by atoms with Crippen molar-refractivity contribution in [3.63, 3.8) is 0 Å². The Morgan fingerprint density at radius 2 is 1.17 bits per heavy atom. The molecule has 2 heteroatoms. The lowest BCUT2D eigenvalue weighted by molar-refractivity contribution is 0.0780.